The van der Waals surface area contributed by atoms with Crippen molar-refractivity contribution in [1.29, 1.82) is 5.41 Å². The van der Waals surface area contributed by atoms with Gasteiger partial charge in [-0.15, -0.1) is 0 Å². The van der Waals surface area contributed by atoms with Crippen LogP contribution in [0.4, 0.5) is 0 Å². The van der Waals surface area contributed by atoms with Crippen LogP contribution in [0.25, 0.3) is 0 Å². The molecule has 1 aliphatic heterocycles. The number of likely N-dealkylation sites (tertiary alicyclic amines) is 1. The molecule has 2 atom stereocenters. The van der Waals surface area contributed by atoms with Crippen molar-refractivity contribution in [2.45, 2.75) is 19.4 Å². The summed E-state index contributed by atoms with van der Waals surface area (Å²) in [7, 11) is 0. The van der Waals surface area contributed by atoms with Gasteiger partial charge in [0.1, 0.15) is 5.84 Å². The van der Waals surface area contributed by atoms with E-state index in [2.05, 4.69) is 11.8 Å². The van der Waals surface area contributed by atoms with E-state index in [0.717, 1.165) is 13.0 Å². The lowest BCUT2D eigenvalue weighted by molar-refractivity contribution is 0.152. The number of amidine groups is 1. The average Bonchev–Trinajstić information content (AvgIpc) is 2.30. The van der Waals surface area contributed by atoms with Gasteiger partial charge in [0, 0.05) is 6.04 Å². The lowest BCUT2D eigenvalue weighted by atomic mass is 10.0. The molecule has 2 unspecified atom stereocenters. The van der Waals surface area contributed by atoms with E-state index in [-0.39, 0.29) is 18.5 Å². The van der Waals surface area contributed by atoms with E-state index < -0.39 is 0 Å². The molecular weight excluding hydrogens is 154 g/mol. The highest BCUT2D eigenvalue weighted by Gasteiger charge is 2.30. The molecule has 1 saturated heterocycles. The second kappa shape index (κ2) is 3.87. The number of hydrogen-bond donors (Lipinski definition) is 3. The van der Waals surface area contributed by atoms with Crippen LogP contribution in [0, 0.1) is 11.3 Å². The number of hydrogen-bond acceptors (Lipinski definition) is 3. The van der Waals surface area contributed by atoms with E-state index in [1.54, 1.807) is 0 Å². The molecule has 0 amide bonds. The van der Waals surface area contributed by atoms with Gasteiger partial charge in [-0.3, -0.25) is 10.3 Å². The smallest absolute Gasteiger partial charge is 0.105 e. The monoisotopic (exact) mass is 171 g/mol. The third-order valence-electron chi connectivity index (χ3n) is 2.56. The second-order valence-corrected chi connectivity index (χ2v) is 3.51. The fraction of sp³-hybridized carbons (Fsp3) is 0.875. The summed E-state index contributed by atoms with van der Waals surface area (Å²) >= 11 is 0. The van der Waals surface area contributed by atoms with Gasteiger partial charge >= 0.3 is 0 Å². The Morgan fingerprint density at radius 2 is 2.42 bits per heavy atom. The normalized spacial score (nSPS) is 30.8. The highest BCUT2D eigenvalue weighted by atomic mass is 16.3. The first kappa shape index (κ1) is 9.48. The standard InChI is InChI=1S/C8H17N3O/c1-6-2-3-11(4-8(9)10)7(6)5-12/h6-7,12H,2-5H2,1H3,(H3,9,10). The highest BCUT2D eigenvalue weighted by molar-refractivity contribution is 5.79. The van der Waals surface area contributed by atoms with Crippen molar-refractivity contribution in [2.24, 2.45) is 11.7 Å². The summed E-state index contributed by atoms with van der Waals surface area (Å²) in [6.45, 7) is 3.75. The molecule has 0 spiro atoms. The summed E-state index contributed by atoms with van der Waals surface area (Å²) in [5.74, 6) is 0.705. The van der Waals surface area contributed by atoms with Gasteiger partial charge in [0.15, 0.2) is 0 Å². The largest absolute Gasteiger partial charge is 0.395 e. The van der Waals surface area contributed by atoms with Crippen LogP contribution in [-0.2, 0) is 0 Å². The Bertz CT molecular complexity index is 172. The Morgan fingerprint density at radius 3 is 2.92 bits per heavy atom. The molecule has 70 valence electrons. The molecule has 1 rings (SSSR count). The SMILES string of the molecule is CC1CCN(CC(=N)N)C1CO. The molecule has 0 radical (unpaired) electrons. The Hall–Kier alpha value is -0.610. The van der Waals surface area contributed by atoms with Crippen LogP contribution in [0.1, 0.15) is 13.3 Å². The minimum Gasteiger partial charge on any atom is -0.395 e. The van der Waals surface area contributed by atoms with E-state index in [9.17, 15) is 0 Å². The maximum absolute atomic E-state index is 9.07. The average molecular weight is 171 g/mol. The van der Waals surface area contributed by atoms with Crippen LogP contribution in [0.2, 0.25) is 0 Å². The van der Waals surface area contributed by atoms with E-state index in [0.29, 0.717) is 12.5 Å². The van der Waals surface area contributed by atoms with Gasteiger partial charge in [0.25, 0.3) is 0 Å². The van der Waals surface area contributed by atoms with Gasteiger partial charge in [-0.05, 0) is 18.9 Å². The molecule has 0 aromatic heterocycles. The lowest BCUT2D eigenvalue weighted by Crippen LogP contribution is -2.40. The van der Waals surface area contributed by atoms with E-state index in [1.807, 2.05) is 0 Å². The van der Waals surface area contributed by atoms with Gasteiger partial charge in [-0.25, -0.2) is 0 Å². The van der Waals surface area contributed by atoms with E-state index in [4.69, 9.17) is 16.2 Å². The number of nitrogens with zero attached hydrogens (tertiary/aromatic N) is 1. The zero-order valence-corrected chi connectivity index (χ0v) is 7.45. The summed E-state index contributed by atoms with van der Waals surface area (Å²) in [6.07, 6.45) is 1.10. The molecule has 12 heavy (non-hydrogen) atoms. The molecule has 1 fully saturated rings. The molecular formula is C8H17N3O. The zero-order chi connectivity index (χ0) is 9.14. The maximum Gasteiger partial charge on any atom is 0.105 e. The predicted octanol–water partition coefficient (Wildman–Crippen LogP) is -0.375. The Balaban J connectivity index is 2.48. The maximum atomic E-state index is 9.07. The van der Waals surface area contributed by atoms with Crippen LogP contribution >= 0.6 is 0 Å². The van der Waals surface area contributed by atoms with Crippen molar-refractivity contribution < 1.29 is 5.11 Å². The van der Waals surface area contributed by atoms with Crippen molar-refractivity contribution in [3.63, 3.8) is 0 Å². The third kappa shape index (κ3) is 1.95. The first-order chi connectivity index (χ1) is 5.65. The molecule has 4 heteroatoms. The van der Waals surface area contributed by atoms with Crippen molar-refractivity contribution in [3.8, 4) is 0 Å². The molecule has 0 aromatic carbocycles. The summed E-state index contributed by atoms with van der Waals surface area (Å²) in [5.41, 5.74) is 5.29. The minimum absolute atomic E-state index is 0.175. The molecule has 1 aliphatic rings. The third-order valence-corrected chi connectivity index (χ3v) is 2.56. The fourth-order valence-corrected chi connectivity index (χ4v) is 1.80. The summed E-state index contributed by atoms with van der Waals surface area (Å²) in [6, 6.07) is 0.203. The van der Waals surface area contributed by atoms with Crippen LogP contribution in [0.3, 0.4) is 0 Å². The molecule has 4 N–H and O–H groups in total. The van der Waals surface area contributed by atoms with Crippen molar-refractivity contribution in [2.75, 3.05) is 19.7 Å². The summed E-state index contributed by atoms with van der Waals surface area (Å²) in [5, 5.41) is 16.2. The first-order valence-corrected chi connectivity index (χ1v) is 4.33. The Morgan fingerprint density at radius 1 is 1.75 bits per heavy atom. The quantitative estimate of drug-likeness (QED) is 0.400. The number of nitrogens with two attached hydrogens (primary N) is 1. The Labute approximate surface area is 72.9 Å². The van der Waals surface area contributed by atoms with E-state index in [1.165, 1.54) is 0 Å². The first-order valence-electron chi connectivity index (χ1n) is 4.33. The molecule has 1 heterocycles. The van der Waals surface area contributed by atoms with Crippen molar-refractivity contribution in [1.82, 2.24) is 4.90 Å². The van der Waals surface area contributed by atoms with Crippen molar-refractivity contribution >= 4 is 5.84 Å². The second-order valence-electron chi connectivity index (χ2n) is 3.51. The summed E-state index contributed by atoms with van der Waals surface area (Å²) < 4.78 is 0. The molecule has 4 nitrogen and oxygen atoms in total. The van der Waals surface area contributed by atoms with Crippen LogP contribution < -0.4 is 5.73 Å². The fourth-order valence-electron chi connectivity index (χ4n) is 1.80. The van der Waals surface area contributed by atoms with Gasteiger partial charge in [0.05, 0.1) is 13.2 Å². The molecule has 0 aromatic rings. The predicted molar refractivity (Wildman–Crippen MR) is 48.1 cm³/mol. The molecule has 0 saturated carbocycles. The number of nitrogens with one attached hydrogen (secondary N) is 1. The van der Waals surface area contributed by atoms with Gasteiger partial charge in [-0.1, -0.05) is 6.92 Å². The number of rotatable bonds is 3. The molecule has 0 aliphatic carbocycles. The van der Waals surface area contributed by atoms with Gasteiger partial charge in [-0.2, -0.15) is 0 Å². The van der Waals surface area contributed by atoms with Gasteiger partial charge in [0.2, 0.25) is 0 Å². The summed E-state index contributed by atoms with van der Waals surface area (Å²) in [4.78, 5) is 2.08. The van der Waals surface area contributed by atoms with Gasteiger partial charge < -0.3 is 10.8 Å². The lowest BCUT2D eigenvalue weighted by Gasteiger charge is -2.23. The zero-order valence-electron chi connectivity index (χ0n) is 7.45. The van der Waals surface area contributed by atoms with Crippen LogP contribution in [-0.4, -0.2) is 41.6 Å². The van der Waals surface area contributed by atoms with E-state index >= 15 is 0 Å². The highest BCUT2D eigenvalue weighted by Crippen LogP contribution is 2.22. The molecule has 0 bridgehead atoms. The van der Waals surface area contributed by atoms with Crippen molar-refractivity contribution in [3.05, 3.63) is 0 Å². The van der Waals surface area contributed by atoms with Crippen LogP contribution in [0.5, 0.6) is 0 Å². The number of aliphatic hydroxyl groups is 1. The number of aliphatic hydroxyl groups excluding tert-OH is 1. The Kier molecular flexibility index (Phi) is 3.05. The minimum atomic E-state index is 0.175. The van der Waals surface area contributed by atoms with Crippen LogP contribution in [0.15, 0.2) is 0 Å². The topological polar surface area (TPSA) is 73.3 Å².